The van der Waals surface area contributed by atoms with Crippen LogP contribution in [0.3, 0.4) is 0 Å². The molecule has 0 aliphatic carbocycles. The molecule has 2 aliphatic rings. The van der Waals surface area contributed by atoms with Crippen LogP contribution < -0.4 is 10.6 Å². The fourth-order valence-corrected chi connectivity index (χ4v) is 2.41. The van der Waals surface area contributed by atoms with Gasteiger partial charge in [0.1, 0.15) is 0 Å². The molecular formula is C12H14F2N2O. The van der Waals surface area contributed by atoms with Gasteiger partial charge >= 0.3 is 0 Å². The monoisotopic (exact) mass is 240 g/mol. The van der Waals surface area contributed by atoms with Gasteiger partial charge in [-0.1, -0.05) is 6.92 Å². The van der Waals surface area contributed by atoms with Crippen LogP contribution in [0.4, 0.5) is 20.2 Å². The molecule has 5 heteroatoms. The van der Waals surface area contributed by atoms with E-state index < -0.39 is 11.6 Å². The second-order valence-electron chi connectivity index (χ2n) is 5.00. The number of hydrogen-bond acceptors (Lipinski definition) is 3. The Kier molecular flexibility index (Phi) is 2.26. The lowest BCUT2D eigenvalue weighted by Gasteiger charge is -2.27. The molecule has 0 bridgehead atoms. The zero-order valence-corrected chi connectivity index (χ0v) is 9.52. The van der Waals surface area contributed by atoms with Crippen molar-refractivity contribution < 1.29 is 13.5 Å². The highest BCUT2D eigenvalue weighted by Crippen LogP contribution is 2.38. The van der Waals surface area contributed by atoms with E-state index in [0.717, 1.165) is 6.07 Å². The number of rotatable bonds is 0. The summed E-state index contributed by atoms with van der Waals surface area (Å²) in [6.07, 6.45) is 0. The number of halogens is 2. The zero-order valence-electron chi connectivity index (χ0n) is 9.52. The molecule has 2 heterocycles. The van der Waals surface area contributed by atoms with Crippen molar-refractivity contribution in [3.63, 3.8) is 0 Å². The van der Waals surface area contributed by atoms with Crippen LogP contribution in [0.1, 0.15) is 6.92 Å². The average Bonchev–Trinajstić information content (AvgIpc) is 2.60. The van der Waals surface area contributed by atoms with E-state index in [4.69, 9.17) is 4.74 Å². The molecule has 1 fully saturated rings. The summed E-state index contributed by atoms with van der Waals surface area (Å²) in [7, 11) is 0. The largest absolute Gasteiger partial charge is 0.383 e. The fraction of sp³-hybridized carbons (Fsp3) is 0.500. The van der Waals surface area contributed by atoms with Crippen LogP contribution in [0, 0.1) is 17.0 Å². The Morgan fingerprint density at radius 1 is 1.41 bits per heavy atom. The van der Waals surface area contributed by atoms with E-state index >= 15 is 0 Å². The van der Waals surface area contributed by atoms with Crippen LogP contribution in [-0.4, -0.2) is 25.8 Å². The third kappa shape index (κ3) is 1.57. The van der Waals surface area contributed by atoms with E-state index in [0.29, 0.717) is 25.4 Å². The Bertz CT molecular complexity index is 466. The van der Waals surface area contributed by atoms with Gasteiger partial charge in [-0.05, 0) is 12.1 Å². The second kappa shape index (κ2) is 3.57. The Balaban J connectivity index is 2.04. The summed E-state index contributed by atoms with van der Waals surface area (Å²) >= 11 is 0. The van der Waals surface area contributed by atoms with Crippen LogP contribution in [0.15, 0.2) is 12.1 Å². The Morgan fingerprint density at radius 2 is 2.24 bits per heavy atom. The van der Waals surface area contributed by atoms with Crippen molar-refractivity contribution in [1.29, 1.82) is 0 Å². The first-order chi connectivity index (χ1) is 8.10. The molecule has 0 amide bonds. The van der Waals surface area contributed by atoms with Crippen molar-refractivity contribution in [2.75, 3.05) is 30.4 Å². The van der Waals surface area contributed by atoms with Crippen molar-refractivity contribution in [3.8, 4) is 0 Å². The predicted octanol–water partition coefficient (Wildman–Crippen LogP) is 2.21. The quantitative estimate of drug-likeness (QED) is 0.729. The predicted molar refractivity (Wildman–Crippen MR) is 61.2 cm³/mol. The molecule has 0 radical (unpaired) electrons. The lowest BCUT2D eigenvalue weighted by molar-refractivity contribution is 0.164. The van der Waals surface area contributed by atoms with Gasteiger partial charge in [0.05, 0.1) is 30.6 Å². The van der Waals surface area contributed by atoms with Crippen LogP contribution in [0.25, 0.3) is 0 Å². The molecule has 2 aliphatic heterocycles. The highest BCUT2D eigenvalue weighted by Gasteiger charge is 2.42. The van der Waals surface area contributed by atoms with Gasteiger partial charge in [0.2, 0.25) is 0 Å². The number of fused-ring (bicyclic) bond motifs is 2. The molecule has 0 aromatic heterocycles. The molecule has 1 saturated heterocycles. The lowest BCUT2D eigenvalue weighted by atomic mass is 9.85. The molecule has 1 aromatic rings. The summed E-state index contributed by atoms with van der Waals surface area (Å²) in [6, 6.07) is 2.71. The zero-order chi connectivity index (χ0) is 12.0. The molecule has 1 aromatic carbocycles. The number of benzene rings is 1. The van der Waals surface area contributed by atoms with Gasteiger partial charge in [0.15, 0.2) is 11.6 Å². The van der Waals surface area contributed by atoms with Crippen molar-refractivity contribution >= 4 is 11.4 Å². The van der Waals surface area contributed by atoms with Crippen LogP contribution >= 0.6 is 0 Å². The van der Waals surface area contributed by atoms with Gasteiger partial charge < -0.3 is 15.4 Å². The summed E-state index contributed by atoms with van der Waals surface area (Å²) in [4.78, 5) is 0. The van der Waals surface area contributed by atoms with Crippen LogP contribution in [-0.2, 0) is 4.74 Å². The van der Waals surface area contributed by atoms with E-state index in [2.05, 4.69) is 17.6 Å². The Morgan fingerprint density at radius 3 is 3.06 bits per heavy atom. The summed E-state index contributed by atoms with van der Waals surface area (Å²) in [5, 5.41) is 6.22. The lowest BCUT2D eigenvalue weighted by Crippen LogP contribution is -2.40. The Labute approximate surface area is 98.2 Å². The maximum Gasteiger partial charge on any atom is 0.183 e. The Hall–Kier alpha value is -1.36. The number of hydrogen-bond donors (Lipinski definition) is 2. The number of nitrogens with one attached hydrogen (secondary N) is 2. The molecule has 92 valence electrons. The first-order valence-corrected chi connectivity index (χ1v) is 5.66. The minimum atomic E-state index is -0.833. The van der Waals surface area contributed by atoms with Crippen LogP contribution in [0.2, 0.25) is 0 Å². The summed E-state index contributed by atoms with van der Waals surface area (Å²) in [5.41, 5.74) is 0.728. The molecule has 0 saturated carbocycles. The van der Waals surface area contributed by atoms with E-state index in [9.17, 15) is 8.78 Å². The van der Waals surface area contributed by atoms with E-state index in [1.807, 2.05) is 0 Å². The van der Waals surface area contributed by atoms with Gasteiger partial charge in [-0.2, -0.15) is 0 Å². The molecule has 17 heavy (non-hydrogen) atoms. The van der Waals surface area contributed by atoms with E-state index in [1.54, 1.807) is 6.07 Å². The molecule has 0 spiro atoms. The van der Waals surface area contributed by atoms with Gasteiger partial charge in [0, 0.05) is 12.0 Å². The topological polar surface area (TPSA) is 33.3 Å². The van der Waals surface area contributed by atoms with E-state index in [1.165, 1.54) is 0 Å². The molecule has 2 unspecified atom stereocenters. The molecule has 2 atom stereocenters. The standard InChI is InChI=1S/C12H14F2N2O/c1-12-5-15-8-3-2-7(13)10(14)11(8)16-9(12)4-17-6-12/h2-3,9,15-16H,4-6H2,1H3. The minimum Gasteiger partial charge on any atom is -0.383 e. The maximum atomic E-state index is 13.7. The minimum absolute atomic E-state index is 0.00699. The van der Waals surface area contributed by atoms with Gasteiger partial charge in [-0.15, -0.1) is 0 Å². The van der Waals surface area contributed by atoms with Gasteiger partial charge in [-0.25, -0.2) is 8.78 Å². The third-order valence-electron chi connectivity index (χ3n) is 3.65. The fourth-order valence-electron chi connectivity index (χ4n) is 2.41. The van der Waals surface area contributed by atoms with Crippen molar-refractivity contribution in [2.24, 2.45) is 5.41 Å². The number of ether oxygens (including phenoxy) is 1. The SMILES string of the molecule is CC12CNc3ccc(F)c(F)c3NC1COC2. The highest BCUT2D eigenvalue weighted by molar-refractivity contribution is 5.71. The van der Waals surface area contributed by atoms with Gasteiger partial charge in [0.25, 0.3) is 0 Å². The summed E-state index contributed by atoms with van der Waals surface area (Å²) in [6.45, 7) is 3.90. The van der Waals surface area contributed by atoms with Crippen LogP contribution in [0.5, 0.6) is 0 Å². The van der Waals surface area contributed by atoms with Crippen molar-refractivity contribution in [2.45, 2.75) is 13.0 Å². The summed E-state index contributed by atoms with van der Waals surface area (Å²) < 4.78 is 32.3. The van der Waals surface area contributed by atoms with Crippen molar-refractivity contribution in [1.82, 2.24) is 0 Å². The van der Waals surface area contributed by atoms with Crippen molar-refractivity contribution in [3.05, 3.63) is 23.8 Å². The first-order valence-electron chi connectivity index (χ1n) is 5.66. The molecule has 3 nitrogen and oxygen atoms in total. The molecule has 2 N–H and O–H groups in total. The molecule has 3 rings (SSSR count). The smallest absolute Gasteiger partial charge is 0.183 e. The maximum absolute atomic E-state index is 13.7. The first kappa shape index (κ1) is 10.8. The average molecular weight is 240 g/mol. The van der Waals surface area contributed by atoms with E-state index in [-0.39, 0.29) is 17.1 Å². The normalized spacial score (nSPS) is 30.9. The highest BCUT2D eigenvalue weighted by atomic mass is 19.2. The number of anilines is 2. The third-order valence-corrected chi connectivity index (χ3v) is 3.65. The molecular weight excluding hydrogens is 226 g/mol. The summed E-state index contributed by atoms with van der Waals surface area (Å²) in [5.74, 6) is -1.66. The second-order valence-corrected chi connectivity index (χ2v) is 5.00. The van der Waals surface area contributed by atoms with Gasteiger partial charge in [-0.3, -0.25) is 0 Å².